The van der Waals surface area contributed by atoms with E-state index in [9.17, 15) is 0 Å². The lowest BCUT2D eigenvalue weighted by atomic mass is 10.3. The number of nitrogens with zero attached hydrogens (tertiary/aromatic N) is 3. The van der Waals surface area contributed by atoms with Gasteiger partial charge in [0, 0.05) is 31.9 Å². The van der Waals surface area contributed by atoms with E-state index in [1.54, 1.807) is 11.3 Å². The van der Waals surface area contributed by atoms with E-state index in [0.29, 0.717) is 5.95 Å². The SMILES string of the molecule is CCNc1nc(C)cc(N(C)Cc2ccsc2)n1. The first kappa shape index (κ1) is 12.8. The predicted molar refractivity (Wildman–Crippen MR) is 77.4 cm³/mol. The molecule has 0 bridgehead atoms. The van der Waals surface area contributed by atoms with Gasteiger partial charge in [-0.1, -0.05) is 0 Å². The Morgan fingerprint density at radius 2 is 2.22 bits per heavy atom. The summed E-state index contributed by atoms with van der Waals surface area (Å²) in [5.74, 6) is 1.65. The van der Waals surface area contributed by atoms with Crippen LogP contribution in [0.5, 0.6) is 0 Å². The zero-order valence-corrected chi connectivity index (χ0v) is 11.8. The van der Waals surface area contributed by atoms with Crippen molar-refractivity contribution in [3.05, 3.63) is 34.2 Å². The molecular formula is C13H18N4S. The molecule has 4 nitrogen and oxygen atoms in total. The van der Waals surface area contributed by atoms with Crippen LogP contribution in [0.1, 0.15) is 18.2 Å². The van der Waals surface area contributed by atoms with E-state index < -0.39 is 0 Å². The topological polar surface area (TPSA) is 41.1 Å². The summed E-state index contributed by atoms with van der Waals surface area (Å²) in [5.41, 5.74) is 2.29. The summed E-state index contributed by atoms with van der Waals surface area (Å²) in [5, 5.41) is 7.41. The lowest BCUT2D eigenvalue weighted by Crippen LogP contribution is -2.18. The molecule has 0 fully saturated rings. The normalized spacial score (nSPS) is 10.4. The predicted octanol–water partition coefficient (Wildman–Crippen LogP) is 2.91. The van der Waals surface area contributed by atoms with E-state index in [4.69, 9.17) is 0 Å². The Bertz CT molecular complexity index is 496. The zero-order valence-electron chi connectivity index (χ0n) is 11.0. The molecular weight excluding hydrogens is 244 g/mol. The van der Waals surface area contributed by atoms with E-state index >= 15 is 0 Å². The maximum absolute atomic E-state index is 4.51. The Labute approximate surface area is 112 Å². The quantitative estimate of drug-likeness (QED) is 0.899. The Kier molecular flexibility index (Phi) is 4.15. The molecule has 18 heavy (non-hydrogen) atoms. The second-order valence-electron chi connectivity index (χ2n) is 4.21. The summed E-state index contributed by atoms with van der Waals surface area (Å²) in [6.07, 6.45) is 0. The minimum atomic E-state index is 0.699. The molecule has 0 aliphatic heterocycles. The lowest BCUT2D eigenvalue weighted by Gasteiger charge is -2.18. The highest BCUT2D eigenvalue weighted by Crippen LogP contribution is 2.17. The van der Waals surface area contributed by atoms with Crippen LogP contribution in [0.2, 0.25) is 0 Å². The van der Waals surface area contributed by atoms with Gasteiger partial charge in [-0.05, 0) is 36.2 Å². The van der Waals surface area contributed by atoms with Crippen molar-refractivity contribution < 1.29 is 0 Å². The monoisotopic (exact) mass is 262 g/mol. The molecule has 5 heteroatoms. The highest BCUT2D eigenvalue weighted by Gasteiger charge is 2.07. The van der Waals surface area contributed by atoms with Gasteiger partial charge >= 0.3 is 0 Å². The van der Waals surface area contributed by atoms with E-state index in [1.807, 2.05) is 19.9 Å². The minimum Gasteiger partial charge on any atom is -0.355 e. The average Bonchev–Trinajstić information content (AvgIpc) is 2.81. The average molecular weight is 262 g/mol. The van der Waals surface area contributed by atoms with Crippen LogP contribution in [0.4, 0.5) is 11.8 Å². The van der Waals surface area contributed by atoms with Crippen LogP contribution < -0.4 is 10.2 Å². The number of nitrogens with one attached hydrogen (secondary N) is 1. The van der Waals surface area contributed by atoms with Crippen molar-refractivity contribution in [1.82, 2.24) is 9.97 Å². The molecule has 1 N–H and O–H groups in total. The fraction of sp³-hybridized carbons (Fsp3) is 0.385. The molecule has 0 radical (unpaired) electrons. The van der Waals surface area contributed by atoms with Crippen molar-refractivity contribution in [1.29, 1.82) is 0 Å². The van der Waals surface area contributed by atoms with E-state index in [-0.39, 0.29) is 0 Å². The Morgan fingerprint density at radius 1 is 1.39 bits per heavy atom. The second-order valence-corrected chi connectivity index (χ2v) is 4.99. The van der Waals surface area contributed by atoms with Crippen molar-refractivity contribution in [2.24, 2.45) is 0 Å². The lowest BCUT2D eigenvalue weighted by molar-refractivity contribution is 0.888. The third-order valence-electron chi connectivity index (χ3n) is 2.57. The summed E-state index contributed by atoms with van der Waals surface area (Å²) in [6.45, 7) is 5.73. The Hall–Kier alpha value is -1.62. The summed E-state index contributed by atoms with van der Waals surface area (Å²) in [7, 11) is 2.05. The molecule has 96 valence electrons. The summed E-state index contributed by atoms with van der Waals surface area (Å²) in [6, 6.07) is 4.15. The maximum atomic E-state index is 4.51. The van der Waals surface area contributed by atoms with Gasteiger partial charge in [-0.25, -0.2) is 4.98 Å². The van der Waals surface area contributed by atoms with Crippen LogP contribution in [0, 0.1) is 6.92 Å². The molecule has 2 aromatic rings. The van der Waals surface area contributed by atoms with Gasteiger partial charge in [-0.3, -0.25) is 0 Å². The highest BCUT2D eigenvalue weighted by molar-refractivity contribution is 7.07. The van der Waals surface area contributed by atoms with Gasteiger partial charge in [0.1, 0.15) is 5.82 Å². The number of hydrogen-bond donors (Lipinski definition) is 1. The van der Waals surface area contributed by atoms with Gasteiger partial charge in [0.05, 0.1) is 0 Å². The van der Waals surface area contributed by atoms with Crippen molar-refractivity contribution in [3.63, 3.8) is 0 Å². The van der Waals surface area contributed by atoms with Crippen LogP contribution in [0.3, 0.4) is 0 Å². The first-order valence-electron chi connectivity index (χ1n) is 6.01. The highest BCUT2D eigenvalue weighted by atomic mass is 32.1. The van der Waals surface area contributed by atoms with Crippen LogP contribution in [0.15, 0.2) is 22.9 Å². The molecule has 0 aromatic carbocycles. The van der Waals surface area contributed by atoms with Crippen LogP contribution in [-0.2, 0) is 6.54 Å². The molecule has 2 aromatic heterocycles. The van der Waals surface area contributed by atoms with Crippen molar-refractivity contribution >= 4 is 23.1 Å². The van der Waals surface area contributed by atoms with Crippen LogP contribution in [-0.4, -0.2) is 23.6 Å². The van der Waals surface area contributed by atoms with Crippen molar-refractivity contribution in [2.75, 3.05) is 23.8 Å². The zero-order chi connectivity index (χ0) is 13.0. The van der Waals surface area contributed by atoms with Gasteiger partial charge in [0.2, 0.25) is 5.95 Å². The molecule has 0 aliphatic rings. The molecule has 2 rings (SSSR count). The molecule has 0 aliphatic carbocycles. The fourth-order valence-electron chi connectivity index (χ4n) is 1.72. The van der Waals surface area contributed by atoms with Crippen molar-refractivity contribution in [3.8, 4) is 0 Å². The smallest absolute Gasteiger partial charge is 0.224 e. The molecule has 0 spiro atoms. The first-order chi connectivity index (χ1) is 8.69. The number of aryl methyl sites for hydroxylation is 1. The molecule has 0 atom stereocenters. The molecule has 0 saturated heterocycles. The number of anilines is 2. The Morgan fingerprint density at radius 3 is 2.89 bits per heavy atom. The molecule has 0 saturated carbocycles. The van der Waals surface area contributed by atoms with Gasteiger partial charge in [0.15, 0.2) is 0 Å². The van der Waals surface area contributed by atoms with Crippen LogP contribution in [0.25, 0.3) is 0 Å². The number of hydrogen-bond acceptors (Lipinski definition) is 5. The minimum absolute atomic E-state index is 0.699. The summed E-state index contributed by atoms with van der Waals surface area (Å²) in [4.78, 5) is 11.0. The first-order valence-corrected chi connectivity index (χ1v) is 6.95. The molecule has 0 unspecified atom stereocenters. The summed E-state index contributed by atoms with van der Waals surface area (Å²) < 4.78 is 0. The number of thiophene rings is 1. The van der Waals surface area contributed by atoms with Gasteiger partial charge in [0.25, 0.3) is 0 Å². The van der Waals surface area contributed by atoms with Crippen molar-refractivity contribution in [2.45, 2.75) is 20.4 Å². The van der Waals surface area contributed by atoms with Gasteiger partial charge in [-0.2, -0.15) is 16.3 Å². The van der Waals surface area contributed by atoms with Crippen LogP contribution >= 0.6 is 11.3 Å². The van der Waals surface area contributed by atoms with Gasteiger partial charge in [-0.15, -0.1) is 0 Å². The fourth-order valence-corrected chi connectivity index (χ4v) is 2.38. The van der Waals surface area contributed by atoms with E-state index in [0.717, 1.165) is 24.6 Å². The molecule has 2 heterocycles. The maximum Gasteiger partial charge on any atom is 0.224 e. The van der Waals surface area contributed by atoms with Gasteiger partial charge < -0.3 is 10.2 Å². The largest absolute Gasteiger partial charge is 0.355 e. The third-order valence-corrected chi connectivity index (χ3v) is 3.30. The molecule has 0 amide bonds. The van der Waals surface area contributed by atoms with E-state index in [1.165, 1.54) is 5.56 Å². The second kappa shape index (κ2) is 5.82. The third kappa shape index (κ3) is 3.20. The summed E-state index contributed by atoms with van der Waals surface area (Å²) >= 11 is 1.72. The standard InChI is InChI=1S/C13H18N4S/c1-4-14-13-15-10(2)7-12(16-13)17(3)8-11-5-6-18-9-11/h5-7,9H,4,8H2,1-3H3,(H,14,15,16). The number of rotatable bonds is 5. The Balaban J connectivity index is 2.16. The number of aromatic nitrogens is 2. The van der Waals surface area contributed by atoms with E-state index in [2.05, 4.69) is 44.1 Å².